The molecular formula is C19H29N3O2. The van der Waals surface area contributed by atoms with E-state index in [2.05, 4.69) is 29.4 Å². The van der Waals surface area contributed by atoms with E-state index < -0.39 is 0 Å². The van der Waals surface area contributed by atoms with Crippen LogP contribution in [0.1, 0.15) is 50.4 Å². The minimum Gasteiger partial charge on any atom is -0.371 e. The second-order valence-corrected chi connectivity index (χ2v) is 6.70. The summed E-state index contributed by atoms with van der Waals surface area (Å²) >= 11 is 0. The van der Waals surface area contributed by atoms with Gasteiger partial charge in [0, 0.05) is 38.3 Å². The maximum absolute atomic E-state index is 12.5. The molecule has 5 heteroatoms. The lowest BCUT2D eigenvalue weighted by molar-refractivity contribution is -0.119. The van der Waals surface area contributed by atoms with Crippen molar-refractivity contribution in [3.05, 3.63) is 29.8 Å². The van der Waals surface area contributed by atoms with E-state index in [0.29, 0.717) is 12.5 Å². The average Bonchev–Trinajstić information content (AvgIpc) is 2.59. The number of para-hydroxylation sites is 1. The summed E-state index contributed by atoms with van der Waals surface area (Å²) < 4.78 is 0. The van der Waals surface area contributed by atoms with Crippen LogP contribution >= 0.6 is 0 Å². The van der Waals surface area contributed by atoms with Gasteiger partial charge >= 0.3 is 0 Å². The molecule has 132 valence electrons. The Morgan fingerprint density at radius 2 is 1.92 bits per heavy atom. The molecule has 2 amide bonds. The number of benzene rings is 1. The van der Waals surface area contributed by atoms with Gasteiger partial charge in [-0.2, -0.15) is 0 Å². The topological polar surface area (TPSA) is 61.4 Å². The normalized spacial score (nSPS) is 16.5. The zero-order chi connectivity index (χ0) is 17.5. The molecule has 2 N–H and O–H groups in total. The number of hydrogen-bond acceptors (Lipinski definition) is 3. The average molecular weight is 331 g/mol. The quantitative estimate of drug-likeness (QED) is 0.842. The van der Waals surface area contributed by atoms with E-state index in [9.17, 15) is 9.59 Å². The van der Waals surface area contributed by atoms with Crippen LogP contribution < -0.4 is 15.5 Å². The fraction of sp³-hybridized carbons (Fsp3) is 0.579. The van der Waals surface area contributed by atoms with Crippen LogP contribution in [0.25, 0.3) is 0 Å². The Balaban J connectivity index is 2.01. The zero-order valence-electron chi connectivity index (χ0n) is 15.0. The van der Waals surface area contributed by atoms with Gasteiger partial charge in [0.1, 0.15) is 0 Å². The molecule has 1 saturated heterocycles. The molecule has 1 aromatic rings. The zero-order valence-corrected chi connectivity index (χ0v) is 15.0. The number of anilines is 1. The summed E-state index contributed by atoms with van der Waals surface area (Å²) in [5, 5.41) is 6.03. The van der Waals surface area contributed by atoms with Gasteiger partial charge in [-0.05, 0) is 30.9 Å². The first-order valence-electron chi connectivity index (χ1n) is 8.90. The van der Waals surface area contributed by atoms with Crippen molar-refractivity contribution in [1.29, 1.82) is 0 Å². The highest BCUT2D eigenvalue weighted by Crippen LogP contribution is 2.24. The molecule has 0 saturated carbocycles. The van der Waals surface area contributed by atoms with Gasteiger partial charge in [0.2, 0.25) is 5.91 Å². The van der Waals surface area contributed by atoms with Crippen LogP contribution in [0, 0.1) is 5.92 Å². The van der Waals surface area contributed by atoms with Crippen molar-refractivity contribution in [2.45, 2.75) is 46.1 Å². The van der Waals surface area contributed by atoms with E-state index in [-0.39, 0.29) is 17.9 Å². The molecule has 0 aromatic heterocycles. The molecule has 1 heterocycles. The SMILES string of the molecule is CC[C@H](C)CNC(=O)c1ccccc1N1CCC(NC(C)=O)CC1. The molecule has 0 bridgehead atoms. The number of carbonyl (C=O) groups excluding carboxylic acids is 2. The van der Waals surface area contributed by atoms with E-state index in [0.717, 1.165) is 43.6 Å². The fourth-order valence-electron chi connectivity index (χ4n) is 3.00. The molecule has 5 nitrogen and oxygen atoms in total. The summed E-state index contributed by atoms with van der Waals surface area (Å²) in [4.78, 5) is 26.0. The third-order valence-electron chi connectivity index (χ3n) is 4.70. The number of nitrogens with one attached hydrogen (secondary N) is 2. The molecule has 2 rings (SSSR count). The maximum Gasteiger partial charge on any atom is 0.253 e. The van der Waals surface area contributed by atoms with Crippen molar-refractivity contribution in [2.75, 3.05) is 24.5 Å². The highest BCUT2D eigenvalue weighted by Gasteiger charge is 2.23. The van der Waals surface area contributed by atoms with Gasteiger partial charge in [0.25, 0.3) is 5.91 Å². The molecular weight excluding hydrogens is 302 g/mol. The summed E-state index contributed by atoms with van der Waals surface area (Å²) in [7, 11) is 0. The molecule has 0 radical (unpaired) electrons. The highest BCUT2D eigenvalue weighted by atomic mass is 16.2. The minimum absolute atomic E-state index is 0.00474. The van der Waals surface area contributed by atoms with E-state index in [4.69, 9.17) is 0 Å². The first-order valence-corrected chi connectivity index (χ1v) is 8.90. The van der Waals surface area contributed by atoms with Gasteiger partial charge in [-0.3, -0.25) is 9.59 Å². The number of rotatable bonds is 6. The van der Waals surface area contributed by atoms with Gasteiger partial charge in [-0.1, -0.05) is 32.4 Å². The number of carbonyl (C=O) groups is 2. The number of hydrogen-bond donors (Lipinski definition) is 2. The Kier molecular flexibility index (Phi) is 6.64. The van der Waals surface area contributed by atoms with Crippen molar-refractivity contribution < 1.29 is 9.59 Å². The maximum atomic E-state index is 12.5. The van der Waals surface area contributed by atoms with Crippen LogP contribution in [-0.4, -0.2) is 37.5 Å². The second-order valence-electron chi connectivity index (χ2n) is 6.70. The van der Waals surface area contributed by atoms with Crippen molar-refractivity contribution >= 4 is 17.5 Å². The summed E-state index contributed by atoms with van der Waals surface area (Å²) in [6.45, 7) is 8.22. The van der Waals surface area contributed by atoms with Crippen LogP contribution in [0.2, 0.25) is 0 Å². The summed E-state index contributed by atoms with van der Waals surface area (Å²) in [6, 6.07) is 8.02. The van der Waals surface area contributed by atoms with E-state index in [1.165, 1.54) is 0 Å². The third-order valence-corrected chi connectivity index (χ3v) is 4.70. The van der Waals surface area contributed by atoms with Gasteiger partial charge in [-0.25, -0.2) is 0 Å². The molecule has 24 heavy (non-hydrogen) atoms. The molecule has 0 spiro atoms. The van der Waals surface area contributed by atoms with Gasteiger partial charge in [-0.15, -0.1) is 0 Å². The van der Waals surface area contributed by atoms with Crippen molar-refractivity contribution in [1.82, 2.24) is 10.6 Å². The Morgan fingerprint density at radius 1 is 1.25 bits per heavy atom. The van der Waals surface area contributed by atoms with Crippen molar-refractivity contribution in [3.63, 3.8) is 0 Å². The molecule has 1 aliphatic rings. The number of piperidine rings is 1. The van der Waals surface area contributed by atoms with Crippen molar-refractivity contribution in [2.24, 2.45) is 5.92 Å². The number of amides is 2. The predicted molar refractivity (Wildman–Crippen MR) is 97.3 cm³/mol. The molecule has 0 unspecified atom stereocenters. The summed E-state index contributed by atoms with van der Waals surface area (Å²) in [5.74, 6) is 0.502. The highest BCUT2D eigenvalue weighted by molar-refractivity contribution is 5.99. The van der Waals surface area contributed by atoms with Gasteiger partial charge in [0.05, 0.1) is 5.56 Å². The lowest BCUT2D eigenvalue weighted by Crippen LogP contribution is -2.44. The predicted octanol–water partition coefficient (Wildman–Crippen LogP) is 2.57. The van der Waals surface area contributed by atoms with Crippen LogP contribution in [0.4, 0.5) is 5.69 Å². The Morgan fingerprint density at radius 3 is 2.54 bits per heavy atom. The first-order chi connectivity index (χ1) is 11.5. The molecule has 0 aliphatic carbocycles. The fourth-order valence-corrected chi connectivity index (χ4v) is 3.00. The molecule has 1 aliphatic heterocycles. The first kappa shape index (κ1) is 18.3. The second kappa shape index (κ2) is 8.71. The summed E-state index contributed by atoms with van der Waals surface area (Å²) in [6.07, 6.45) is 2.86. The van der Waals surface area contributed by atoms with Gasteiger partial charge < -0.3 is 15.5 Å². The van der Waals surface area contributed by atoms with Crippen LogP contribution in [0.15, 0.2) is 24.3 Å². The summed E-state index contributed by atoms with van der Waals surface area (Å²) in [5.41, 5.74) is 1.72. The van der Waals surface area contributed by atoms with Crippen LogP contribution in [0.3, 0.4) is 0 Å². The molecule has 1 aromatic carbocycles. The lowest BCUT2D eigenvalue weighted by Gasteiger charge is -2.34. The van der Waals surface area contributed by atoms with Crippen LogP contribution in [0.5, 0.6) is 0 Å². The number of nitrogens with zero attached hydrogens (tertiary/aromatic N) is 1. The Labute approximate surface area is 144 Å². The lowest BCUT2D eigenvalue weighted by atomic mass is 10.0. The standard InChI is InChI=1S/C19H29N3O2/c1-4-14(2)13-20-19(24)17-7-5-6-8-18(17)22-11-9-16(10-12-22)21-15(3)23/h5-8,14,16H,4,9-13H2,1-3H3,(H,20,24)(H,21,23)/t14-/m0/s1. The molecule has 1 fully saturated rings. The third kappa shape index (κ3) is 4.98. The van der Waals surface area contributed by atoms with E-state index in [1.807, 2.05) is 24.3 Å². The van der Waals surface area contributed by atoms with E-state index in [1.54, 1.807) is 6.92 Å². The van der Waals surface area contributed by atoms with Gasteiger partial charge in [0.15, 0.2) is 0 Å². The smallest absolute Gasteiger partial charge is 0.253 e. The largest absolute Gasteiger partial charge is 0.371 e. The monoisotopic (exact) mass is 331 g/mol. The van der Waals surface area contributed by atoms with Crippen LogP contribution in [-0.2, 0) is 4.79 Å². The Bertz CT molecular complexity index is 565. The Hall–Kier alpha value is -2.04. The van der Waals surface area contributed by atoms with Crippen molar-refractivity contribution in [3.8, 4) is 0 Å². The van der Waals surface area contributed by atoms with E-state index >= 15 is 0 Å². The minimum atomic E-state index is -0.00474. The molecule has 1 atom stereocenters.